The van der Waals surface area contributed by atoms with Crippen LogP contribution in [0.3, 0.4) is 0 Å². The molecule has 8 heteroatoms. The van der Waals surface area contributed by atoms with Crippen LogP contribution in [0.2, 0.25) is 0 Å². The number of hydrogen-bond acceptors (Lipinski definition) is 5. The molecule has 160 valence electrons. The minimum atomic E-state index is -3.68. The van der Waals surface area contributed by atoms with Gasteiger partial charge in [0.15, 0.2) is 0 Å². The Bertz CT molecular complexity index is 1070. The number of anilines is 1. The zero-order valence-corrected chi connectivity index (χ0v) is 18.2. The molecule has 1 fully saturated rings. The van der Waals surface area contributed by atoms with E-state index in [1.54, 1.807) is 23.1 Å². The van der Waals surface area contributed by atoms with E-state index in [0.717, 1.165) is 22.4 Å². The van der Waals surface area contributed by atoms with Gasteiger partial charge in [0.1, 0.15) is 17.3 Å². The SMILES string of the molecule is COc1cc(C)ccc1S(=O)(=O)N1CCC(N2C(=O)OCc3cccc(C)c32)CC1. The number of cyclic esters (lactones) is 1. The molecular formula is C22H26N2O5S. The molecule has 0 spiro atoms. The van der Waals surface area contributed by atoms with E-state index in [1.165, 1.54) is 11.4 Å². The van der Waals surface area contributed by atoms with Gasteiger partial charge in [0, 0.05) is 24.7 Å². The van der Waals surface area contributed by atoms with Crippen LogP contribution < -0.4 is 9.64 Å². The first-order chi connectivity index (χ1) is 14.3. The molecule has 0 aromatic heterocycles. The highest BCUT2D eigenvalue weighted by atomic mass is 32.2. The van der Waals surface area contributed by atoms with E-state index in [0.29, 0.717) is 31.7 Å². The fourth-order valence-corrected chi connectivity index (χ4v) is 5.89. The van der Waals surface area contributed by atoms with E-state index < -0.39 is 10.0 Å². The Balaban J connectivity index is 1.56. The predicted octanol–water partition coefficient (Wildman–Crippen LogP) is 3.62. The molecule has 0 aliphatic carbocycles. The maximum atomic E-state index is 13.2. The molecule has 2 aromatic carbocycles. The van der Waals surface area contributed by atoms with Gasteiger partial charge in [-0.15, -0.1) is 0 Å². The number of methoxy groups -OCH3 is 1. The topological polar surface area (TPSA) is 76.2 Å². The summed E-state index contributed by atoms with van der Waals surface area (Å²) in [6, 6.07) is 10.9. The molecule has 1 amide bonds. The maximum Gasteiger partial charge on any atom is 0.414 e. The van der Waals surface area contributed by atoms with E-state index in [1.807, 2.05) is 32.0 Å². The Kier molecular flexibility index (Phi) is 5.46. The van der Waals surface area contributed by atoms with Crippen LogP contribution in [0.5, 0.6) is 5.75 Å². The van der Waals surface area contributed by atoms with Gasteiger partial charge in [0.25, 0.3) is 0 Å². The number of benzene rings is 2. The molecule has 0 unspecified atom stereocenters. The van der Waals surface area contributed by atoms with Gasteiger partial charge in [-0.05, 0) is 49.9 Å². The molecule has 1 saturated heterocycles. The molecule has 0 N–H and O–H groups in total. The average molecular weight is 431 g/mol. The fraction of sp³-hybridized carbons (Fsp3) is 0.409. The first-order valence-electron chi connectivity index (χ1n) is 10.0. The molecule has 4 rings (SSSR count). The van der Waals surface area contributed by atoms with Gasteiger partial charge in [-0.1, -0.05) is 24.3 Å². The second-order valence-corrected chi connectivity index (χ2v) is 9.70. The number of ether oxygens (including phenoxy) is 2. The molecule has 0 atom stereocenters. The third-order valence-corrected chi connectivity index (χ3v) is 7.77. The van der Waals surface area contributed by atoms with Crippen LogP contribution in [-0.2, 0) is 21.4 Å². The van der Waals surface area contributed by atoms with Crippen molar-refractivity contribution in [2.45, 2.75) is 44.2 Å². The Morgan fingerprint density at radius 2 is 1.83 bits per heavy atom. The minimum Gasteiger partial charge on any atom is -0.495 e. The van der Waals surface area contributed by atoms with Crippen molar-refractivity contribution in [3.63, 3.8) is 0 Å². The number of rotatable bonds is 4. The lowest BCUT2D eigenvalue weighted by atomic mass is 10.00. The molecule has 30 heavy (non-hydrogen) atoms. The highest BCUT2D eigenvalue weighted by Crippen LogP contribution is 2.36. The van der Waals surface area contributed by atoms with Gasteiger partial charge < -0.3 is 9.47 Å². The summed E-state index contributed by atoms with van der Waals surface area (Å²) in [4.78, 5) is 14.5. The third kappa shape index (κ3) is 3.54. The molecular weight excluding hydrogens is 404 g/mol. The number of amides is 1. The maximum absolute atomic E-state index is 13.2. The summed E-state index contributed by atoms with van der Waals surface area (Å²) in [5.74, 6) is 0.348. The van der Waals surface area contributed by atoms with E-state index in [4.69, 9.17) is 9.47 Å². The number of nitrogens with zero attached hydrogens (tertiary/aromatic N) is 2. The van der Waals surface area contributed by atoms with Gasteiger partial charge in [-0.2, -0.15) is 4.31 Å². The summed E-state index contributed by atoms with van der Waals surface area (Å²) in [6.45, 7) is 4.80. The lowest BCUT2D eigenvalue weighted by Gasteiger charge is -2.40. The lowest BCUT2D eigenvalue weighted by molar-refractivity contribution is 0.135. The molecule has 0 saturated carbocycles. The number of carbonyl (C=O) groups excluding carboxylic acids is 1. The summed E-state index contributed by atoms with van der Waals surface area (Å²) < 4.78 is 38.6. The fourth-order valence-electron chi connectivity index (χ4n) is 4.28. The standard InChI is InChI=1S/C22H26N2O5S/c1-15-7-8-20(19(13-15)28-3)30(26,27)23-11-9-18(10-12-23)24-21-16(2)5-4-6-17(21)14-29-22(24)25/h4-8,13,18H,9-12,14H2,1-3H3. The Morgan fingerprint density at radius 3 is 2.53 bits per heavy atom. The smallest absolute Gasteiger partial charge is 0.414 e. The first-order valence-corrected chi connectivity index (χ1v) is 11.5. The number of carbonyl (C=O) groups is 1. The Labute approximate surface area is 177 Å². The summed E-state index contributed by atoms with van der Waals surface area (Å²) in [5, 5.41) is 0. The van der Waals surface area contributed by atoms with E-state index in [-0.39, 0.29) is 23.6 Å². The van der Waals surface area contributed by atoms with E-state index >= 15 is 0 Å². The summed E-state index contributed by atoms with van der Waals surface area (Å²) in [5.41, 5.74) is 3.83. The van der Waals surface area contributed by atoms with E-state index in [9.17, 15) is 13.2 Å². The van der Waals surface area contributed by atoms with Crippen molar-refractivity contribution in [2.24, 2.45) is 0 Å². The number of fused-ring (bicyclic) bond motifs is 1. The average Bonchev–Trinajstić information content (AvgIpc) is 2.74. The van der Waals surface area contributed by atoms with Crippen molar-refractivity contribution in [1.29, 1.82) is 0 Å². The Hall–Kier alpha value is -2.58. The van der Waals surface area contributed by atoms with E-state index in [2.05, 4.69) is 0 Å². The number of piperidine rings is 1. The van der Waals surface area contributed by atoms with Crippen LogP contribution in [0.1, 0.15) is 29.5 Å². The van der Waals surface area contributed by atoms with Gasteiger partial charge in [-0.25, -0.2) is 13.2 Å². The highest BCUT2D eigenvalue weighted by Gasteiger charge is 2.38. The van der Waals surface area contributed by atoms with Gasteiger partial charge in [-0.3, -0.25) is 4.90 Å². The van der Waals surface area contributed by atoms with Gasteiger partial charge in [0.05, 0.1) is 12.8 Å². The van der Waals surface area contributed by atoms with Crippen LogP contribution in [0, 0.1) is 13.8 Å². The van der Waals surface area contributed by atoms with Gasteiger partial charge >= 0.3 is 6.09 Å². The van der Waals surface area contributed by atoms with Crippen molar-refractivity contribution < 1.29 is 22.7 Å². The van der Waals surface area contributed by atoms with Crippen molar-refractivity contribution in [3.8, 4) is 5.75 Å². The van der Waals surface area contributed by atoms with Crippen molar-refractivity contribution in [1.82, 2.24) is 4.31 Å². The van der Waals surface area contributed by atoms with Crippen LogP contribution >= 0.6 is 0 Å². The monoisotopic (exact) mass is 430 g/mol. The van der Waals surface area contributed by atoms with Crippen LogP contribution in [0.25, 0.3) is 0 Å². The molecule has 2 aliphatic rings. The Morgan fingerprint density at radius 1 is 1.10 bits per heavy atom. The second kappa shape index (κ2) is 7.92. The normalized spacial score (nSPS) is 18.1. The summed E-state index contributed by atoms with van der Waals surface area (Å²) >= 11 is 0. The minimum absolute atomic E-state index is 0.107. The number of para-hydroxylation sites is 1. The molecule has 0 bridgehead atoms. The van der Waals surface area contributed by atoms with Crippen LogP contribution in [-0.4, -0.2) is 45.1 Å². The lowest BCUT2D eigenvalue weighted by Crippen LogP contribution is -2.50. The van der Waals surface area contributed by atoms with Crippen molar-refractivity contribution in [2.75, 3.05) is 25.1 Å². The quantitative estimate of drug-likeness (QED) is 0.741. The first kappa shape index (κ1) is 20.7. The number of sulfonamides is 1. The van der Waals surface area contributed by atoms with Crippen molar-refractivity contribution >= 4 is 21.8 Å². The molecule has 7 nitrogen and oxygen atoms in total. The van der Waals surface area contributed by atoms with Crippen LogP contribution in [0.4, 0.5) is 10.5 Å². The molecule has 0 radical (unpaired) electrons. The van der Waals surface area contributed by atoms with Gasteiger partial charge in [0.2, 0.25) is 10.0 Å². The van der Waals surface area contributed by atoms with Crippen LogP contribution in [0.15, 0.2) is 41.3 Å². The zero-order chi connectivity index (χ0) is 21.5. The van der Waals surface area contributed by atoms with Crippen molar-refractivity contribution in [3.05, 3.63) is 53.1 Å². The summed E-state index contributed by atoms with van der Waals surface area (Å²) in [7, 11) is -2.21. The number of aryl methyl sites for hydroxylation is 2. The summed E-state index contributed by atoms with van der Waals surface area (Å²) in [6.07, 6.45) is 0.713. The molecule has 2 aromatic rings. The molecule has 2 aliphatic heterocycles. The predicted molar refractivity (Wildman–Crippen MR) is 113 cm³/mol. The zero-order valence-electron chi connectivity index (χ0n) is 17.4. The second-order valence-electron chi connectivity index (χ2n) is 7.80. The number of hydrogen-bond donors (Lipinski definition) is 0. The highest BCUT2D eigenvalue weighted by molar-refractivity contribution is 7.89. The molecule has 2 heterocycles. The third-order valence-electron chi connectivity index (χ3n) is 5.84. The largest absolute Gasteiger partial charge is 0.495 e.